The van der Waals surface area contributed by atoms with Crippen LogP contribution in [0.25, 0.3) is 0 Å². The van der Waals surface area contributed by atoms with Crippen LogP contribution in [0, 0.1) is 0 Å². The monoisotopic (exact) mass is 219 g/mol. The summed E-state index contributed by atoms with van der Waals surface area (Å²) in [5, 5.41) is 0. The minimum Gasteiger partial charge on any atom is -0.497 e. The lowest BCUT2D eigenvalue weighted by Gasteiger charge is -2.12. The first kappa shape index (κ1) is 12.8. The molecule has 0 aliphatic heterocycles. The summed E-state index contributed by atoms with van der Waals surface area (Å²) < 4.78 is 5.11. The molecule has 1 unspecified atom stereocenters. The summed E-state index contributed by atoms with van der Waals surface area (Å²) in [6.45, 7) is 3.71. The van der Waals surface area contributed by atoms with E-state index in [0.717, 1.165) is 25.0 Å². The minimum absolute atomic E-state index is 0.135. The van der Waals surface area contributed by atoms with Crippen molar-refractivity contribution in [2.45, 2.75) is 31.7 Å². The zero-order valence-corrected chi connectivity index (χ0v) is 9.99. The average Bonchev–Trinajstić information content (AvgIpc) is 2.34. The molecule has 2 heteroatoms. The molecule has 0 aromatic heterocycles. The fourth-order valence-electron chi connectivity index (χ4n) is 1.67. The smallest absolute Gasteiger partial charge is 0.118 e. The lowest BCUT2D eigenvalue weighted by Crippen LogP contribution is -2.09. The van der Waals surface area contributed by atoms with Gasteiger partial charge in [0.25, 0.3) is 0 Å². The Kier molecular flexibility index (Phi) is 5.65. The average molecular weight is 219 g/mol. The Balaban J connectivity index is 2.39. The number of ether oxygens (including phenoxy) is 1. The summed E-state index contributed by atoms with van der Waals surface area (Å²) in [5.74, 6) is 0.877. The standard InChI is InChI=1S/C14H21NO/c1-3-4-5-6-7-14(15)12-8-10-13(16-2)11-9-12/h3,8-11,14H,1,4-7,15H2,2H3. The van der Waals surface area contributed by atoms with Crippen LogP contribution in [0.4, 0.5) is 0 Å². The third-order valence-electron chi connectivity index (χ3n) is 2.72. The second-order valence-corrected chi connectivity index (χ2v) is 3.95. The van der Waals surface area contributed by atoms with Crippen LogP contribution < -0.4 is 10.5 Å². The van der Waals surface area contributed by atoms with Crippen molar-refractivity contribution in [1.29, 1.82) is 0 Å². The molecule has 1 rings (SSSR count). The Morgan fingerprint density at radius 1 is 1.31 bits per heavy atom. The predicted octanol–water partition coefficient (Wildman–Crippen LogP) is 3.44. The molecule has 2 nitrogen and oxygen atoms in total. The molecule has 16 heavy (non-hydrogen) atoms. The van der Waals surface area contributed by atoms with Gasteiger partial charge in [0.05, 0.1) is 7.11 Å². The van der Waals surface area contributed by atoms with E-state index in [1.54, 1.807) is 7.11 Å². The molecule has 0 saturated carbocycles. The molecule has 1 atom stereocenters. The number of benzene rings is 1. The Labute approximate surface area is 98.1 Å². The molecule has 88 valence electrons. The van der Waals surface area contributed by atoms with Gasteiger partial charge in [-0.25, -0.2) is 0 Å². The summed E-state index contributed by atoms with van der Waals surface area (Å²) in [5.41, 5.74) is 7.28. The van der Waals surface area contributed by atoms with Crippen molar-refractivity contribution in [3.05, 3.63) is 42.5 Å². The molecule has 0 fully saturated rings. The molecule has 1 aromatic rings. The van der Waals surface area contributed by atoms with Crippen LogP contribution in [0.15, 0.2) is 36.9 Å². The van der Waals surface area contributed by atoms with Crippen LogP contribution >= 0.6 is 0 Å². The van der Waals surface area contributed by atoms with E-state index in [0.29, 0.717) is 0 Å². The quantitative estimate of drug-likeness (QED) is 0.563. The van der Waals surface area contributed by atoms with Crippen molar-refractivity contribution in [3.63, 3.8) is 0 Å². The van der Waals surface area contributed by atoms with Crippen LogP contribution in [0.1, 0.15) is 37.3 Å². The van der Waals surface area contributed by atoms with Crippen molar-refractivity contribution in [2.24, 2.45) is 5.73 Å². The SMILES string of the molecule is C=CCCCCC(N)c1ccc(OC)cc1. The van der Waals surface area contributed by atoms with E-state index in [-0.39, 0.29) is 6.04 Å². The molecular formula is C14H21NO. The number of rotatable bonds is 7. The highest BCUT2D eigenvalue weighted by Crippen LogP contribution is 2.20. The van der Waals surface area contributed by atoms with Crippen molar-refractivity contribution in [2.75, 3.05) is 7.11 Å². The van der Waals surface area contributed by atoms with E-state index in [1.807, 2.05) is 30.3 Å². The van der Waals surface area contributed by atoms with Gasteiger partial charge in [-0.2, -0.15) is 0 Å². The molecule has 1 aromatic carbocycles. The van der Waals surface area contributed by atoms with Crippen LogP contribution in [0.5, 0.6) is 5.75 Å². The predicted molar refractivity (Wildman–Crippen MR) is 68.6 cm³/mol. The first-order valence-electron chi connectivity index (χ1n) is 5.78. The van der Waals surface area contributed by atoms with Gasteiger partial charge >= 0.3 is 0 Å². The van der Waals surface area contributed by atoms with Crippen LogP contribution in [-0.4, -0.2) is 7.11 Å². The highest BCUT2D eigenvalue weighted by molar-refractivity contribution is 5.28. The molecule has 0 aliphatic rings. The summed E-state index contributed by atoms with van der Waals surface area (Å²) in [4.78, 5) is 0. The van der Waals surface area contributed by atoms with Crippen molar-refractivity contribution in [3.8, 4) is 5.75 Å². The van der Waals surface area contributed by atoms with Gasteiger partial charge in [0.2, 0.25) is 0 Å². The molecule has 0 amide bonds. The van der Waals surface area contributed by atoms with Crippen LogP contribution in [0.2, 0.25) is 0 Å². The molecule has 0 aliphatic carbocycles. The summed E-state index contributed by atoms with van der Waals surface area (Å²) in [6.07, 6.45) is 6.39. The Hall–Kier alpha value is -1.28. The zero-order valence-electron chi connectivity index (χ0n) is 9.99. The molecule has 2 N–H and O–H groups in total. The van der Waals surface area contributed by atoms with Gasteiger partial charge in [0, 0.05) is 6.04 Å². The topological polar surface area (TPSA) is 35.2 Å². The minimum atomic E-state index is 0.135. The second kappa shape index (κ2) is 7.07. The fraction of sp³-hybridized carbons (Fsp3) is 0.429. The highest BCUT2D eigenvalue weighted by Gasteiger charge is 2.05. The molecule has 0 saturated heterocycles. The zero-order chi connectivity index (χ0) is 11.8. The number of allylic oxidation sites excluding steroid dienone is 1. The van der Waals surface area contributed by atoms with E-state index in [4.69, 9.17) is 10.5 Å². The summed E-state index contributed by atoms with van der Waals surface area (Å²) in [6, 6.07) is 8.13. The maximum absolute atomic E-state index is 6.10. The highest BCUT2D eigenvalue weighted by atomic mass is 16.5. The van der Waals surface area contributed by atoms with Gasteiger partial charge in [-0.15, -0.1) is 6.58 Å². The summed E-state index contributed by atoms with van der Waals surface area (Å²) >= 11 is 0. The van der Waals surface area contributed by atoms with Gasteiger partial charge < -0.3 is 10.5 Å². The number of unbranched alkanes of at least 4 members (excludes halogenated alkanes) is 2. The van der Waals surface area contributed by atoms with Gasteiger partial charge in [-0.05, 0) is 37.0 Å². The molecule has 0 heterocycles. The van der Waals surface area contributed by atoms with E-state index < -0.39 is 0 Å². The Bertz CT molecular complexity index is 305. The van der Waals surface area contributed by atoms with Gasteiger partial charge in [-0.3, -0.25) is 0 Å². The number of methoxy groups -OCH3 is 1. The normalized spacial score (nSPS) is 12.1. The Morgan fingerprint density at radius 2 is 2.00 bits per heavy atom. The third kappa shape index (κ3) is 4.07. The van der Waals surface area contributed by atoms with Crippen LogP contribution in [-0.2, 0) is 0 Å². The first-order chi connectivity index (χ1) is 7.77. The molecular weight excluding hydrogens is 198 g/mol. The second-order valence-electron chi connectivity index (χ2n) is 3.95. The van der Waals surface area contributed by atoms with Gasteiger partial charge in [-0.1, -0.05) is 24.6 Å². The van der Waals surface area contributed by atoms with Gasteiger partial charge in [0.1, 0.15) is 5.75 Å². The van der Waals surface area contributed by atoms with Crippen molar-refractivity contribution < 1.29 is 4.74 Å². The van der Waals surface area contributed by atoms with E-state index in [1.165, 1.54) is 12.0 Å². The van der Waals surface area contributed by atoms with E-state index >= 15 is 0 Å². The maximum atomic E-state index is 6.10. The van der Waals surface area contributed by atoms with Gasteiger partial charge in [0.15, 0.2) is 0 Å². The van der Waals surface area contributed by atoms with Crippen molar-refractivity contribution in [1.82, 2.24) is 0 Å². The largest absolute Gasteiger partial charge is 0.497 e. The lowest BCUT2D eigenvalue weighted by atomic mass is 10.0. The number of nitrogens with two attached hydrogens (primary N) is 1. The van der Waals surface area contributed by atoms with E-state index in [2.05, 4.69) is 6.58 Å². The molecule has 0 bridgehead atoms. The maximum Gasteiger partial charge on any atom is 0.118 e. The third-order valence-corrected chi connectivity index (χ3v) is 2.72. The molecule has 0 spiro atoms. The van der Waals surface area contributed by atoms with Crippen molar-refractivity contribution >= 4 is 0 Å². The fourth-order valence-corrected chi connectivity index (χ4v) is 1.67. The lowest BCUT2D eigenvalue weighted by molar-refractivity contribution is 0.414. The Morgan fingerprint density at radius 3 is 2.56 bits per heavy atom. The van der Waals surface area contributed by atoms with Crippen LogP contribution in [0.3, 0.4) is 0 Å². The summed E-state index contributed by atoms with van der Waals surface area (Å²) in [7, 11) is 1.67. The number of hydrogen-bond acceptors (Lipinski definition) is 2. The first-order valence-corrected chi connectivity index (χ1v) is 5.78. The number of hydrogen-bond donors (Lipinski definition) is 1. The van der Waals surface area contributed by atoms with E-state index in [9.17, 15) is 0 Å². The molecule has 0 radical (unpaired) electrons.